The highest BCUT2D eigenvalue weighted by Gasteiger charge is 2.27. The Morgan fingerprint density at radius 2 is 1.91 bits per heavy atom. The van der Waals surface area contributed by atoms with Crippen molar-refractivity contribution in [2.24, 2.45) is 5.92 Å². The zero-order valence-electron chi connectivity index (χ0n) is 12.3. The van der Waals surface area contributed by atoms with E-state index < -0.39 is 11.0 Å². The van der Waals surface area contributed by atoms with Crippen LogP contribution < -0.4 is 16.4 Å². The summed E-state index contributed by atoms with van der Waals surface area (Å²) < 4.78 is 0. The molecule has 1 aromatic rings. The van der Waals surface area contributed by atoms with Crippen LogP contribution in [-0.2, 0) is 4.79 Å². The molecule has 2 amide bonds. The largest absolute Gasteiger partial charge is 0.465 e. The third-order valence-corrected chi connectivity index (χ3v) is 3.93. The van der Waals surface area contributed by atoms with Crippen LogP contribution in [0.2, 0.25) is 0 Å². The van der Waals surface area contributed by atoms with Crippen molar-refractivity contribution in [3.8, 4) is 0 Å². The van der Waals surface area contributed by atoms with Gasteiger partial charge in [0.25, 0.3) is 5.69 Å². The molecule has 1 aromatic carbocycles. The summed E-state index contributed by atoms with van der Waals surface area (Å²) in [6, 6.07) is 3.76. The smallest absolute Gasteiger partial charge is 0.404 e. The molecule has 2 rings (SSSR count). The first-order valence-corrected chi connectivity index (χ1v) is 7.21. The molecule has 1 aliphatic carbocycles. The lowest BCUT2D eigenvalue weighted by Gasteiger charge is -2.27. The van der Waals surface area contributed by atoms with E-state index in [0.29, 0.717) is 31.4 Å². The Labute approximate surface area is 132 Å². The first-order chi connectivity index (χ1) is 10.9. The Bertz CT molecular complexity index is 626. The molecule has 0 aliphatic heterocycles. The number of amides is 2. The van der Waals surface area contributed by atoms with Crippen molar-refractivity contribution in [2.45, 2.75) is 31.7 Å². The van der Waals surface area contributed by atoms with Crippen LogP contribution in [0.3, 0.4) is 0 Å². The summed E-state index contributed by atoms with van der Waals surface area (Å²) in [6.45, 7) is 0. The maximum absolute atomic E-state index is 12.2. The minimum atomic E-state index is -1.06. The van der Waals surface area contributed by atoms with E-state index in [-0.39, 0.29) is 29.2 Å². The Kier molecular flexibility index (Phi) is 4.99. The van der Waals surface area contributed by atoms with Gasteiger partial charge in [-0.15, -0.1) is 0 Å². The van der Waals surface area contributed by atoms with Gasteiger partial charge in [-0.05, 0) is 31.7 Å². The van der Waals surface area contributed by atoms with E-state index in [1.165, 1.54) is 18.2 Å². The maximum Gasteiger partial charge on any atom is 0.404 e. The number of nitro benzene ring substituents is 1. The van der Waals surface area contributed by atoms with Gasteiger partial charge in [0.15, 0.2) is 0 Å². The van der Waals surface area contributed by atoms with Gasteiger partial charge in [-0.3, -0.25) is 14.9 Å². The monoisotopic (exact) mass is 322 g/mol. The number of nitrogens with zero attached hydrogens (tertiary/aromatic N) is 1. The van der Waals surface area contributed by atoms with Crippen LogP contribution in [0.25, 0.3) is 0 Å². The Morgan fingerprint density at radius 3 is 2.43 bits per heavy atom. The molecule has 1 fully saturated rings. The molecule has 0 unspecified atom stereocenters. The predicted molar refractivity (Wildman–Crippen MR) is 83.0 cm³/mol. The molecule has 23 heavy (non-hydrogen) atoms. The molecule has 1 aliphatic rings. The summed E-state index contributed by atoms with van der Waals surface area (Å²) in [5, 5.41) is 24.4. The molecule has 0 saturated heterocycles. The quantitative estimate of drug-likeness (QED) is 0.378. The highest BCUT2D eigenvalue weighted by atomic mass is 16.6. The topological polar surface area (TPSA) is 148 Å². The standard InChI is InChI=1S/C14H18N4O5/c15-11-7-10(18(22)23)5-6-12(11)17-13(19)8-1-3-9(4-2-8)16-14(20)21/h5-9,16H,1-4,15H2,(H,17,19)(H,20,21). The number of benzene rings is 1. The van der Waals surface area contributed by atoms with Gasteiger partial charge in [-0.1, -0.05) is 0 Å². The van der Waals surface area contributed by atoms with Crippen LogP contribution in [0.15, 0.2) is 18.2 Å². The Hall–Kier alpha value is -2.84. The molecule has 0 heterocycles. The molecule has 1 saturated carbocycles. The minimum Gasteiger partial charge on any atom is -0.465 e. The van der Waals surface area contributed by atoms with Gasteiger partial charge >= 0.3 is 6.09 Å². The number of hydrogen-bond acceptors (Lipinski definition) is 5. The van der Waals surface area contributed by atoms with Crippen molar-refractivity contribution in [3.63, 3.8) is 0 Å². The molecule has 9 nitrogen and oxygen atoms in total. The fourth-order valence-corrected chi connectivity index (χ4v) is 2.69. The molecule has 0 spiro atoms. The van der Waals surface area contributed by atoms with Crippen LogP contribution in [0.5, 0.6) is 0 Å². The van der Waals surface area contributed by atoms with E-state index in [1.807, 2.05) is 0 Å². The second-order valence-corrected chi connectivity index (χ2v) is 5.52. The van der Waals surface area contributed by atoms with Gasteiger partial charge in [-0.25, -0.2) is 4.79 Å². The summed E-state index contributed by atoms with van der Waals surface area (Å²) in [5.74, 6) is -0.434. The number of anilines is 2. The van der Waals surface area contributed by atoms with E-state index in [2.05, 4.69) is 10.6 Å². The second-order valence-electron chi connectivity index (χ2n) is 5.52. The molecule has 0 bridgehead atoms. The minimum absolute atomic E-state index is 0.124. The lowest BCUT2D eigenvalue weighted by molar-refractivity contribution is -0.384. The van der Waals surface area contributed by atoms with Crippen LogP contribution in [0.4, 0.5) is 21.9 Å². The SMILES string of the molecule is Nc1cc([N+](=O)[O-])ccc1NC(=O)C1CCC(NC(=O)O)CC1. The van der Waals surface area contributed by atoms with Crippen molar-refractivity contribution in [3.05, 3.63) is 28.3 Å². The molecule has 0 aromatic heterocycles. The Balaban J connectivity index is 1.93. The van der Waals surface area contributed by atoms with E-state index in [1.54, 1.807) is 0 Å². The van der Waals surface area contributed by atoms with Crippen LogP contribution >= 0.6 is 0 Å². The number of nitrogens with one attached hydrogen (secondary N) is 2. The van der Waals surface area contributed by atoms with Gasteiger partial charge in [0.05, 0.1) is 16.3 Å². The number of carbonyl (C=O) groups is 2. The van der Waals surface area contributed by atoms with Gasteiger partial charge in [0, 0.05) is 24.1 Å². The van der Waals surface area contributed by atoms with Gasteiger partial charge in [-0.2, -0.15) is 0 Å². The van der Waals surface area contributed by atoms with Crippen LogP contribution in [0.1, 0.15) is 25.7 Å². The number of nitro groups is 1. The second kappa shape index (κ2) is 6.95. The number of rotatable bonds is 4. The summed E-state index contributed by atoms with van der Waals surface area (Å²) in [5.41, 5.74) is 6.05. The summed E-state index contributed by atoms with van der Waals surface area (Å²) in [4.78, 5) is 32.9. The first kappa shape index (κ1) is 16.5. The molecular formula is C14H18N4O5. The highest BCUT2D eigenvalue weighted by Crippen LogP contribution is 2.28. The number of nitrogen functional groups attached to an aromatic ring is 1. The average molecular weight is 322 g/mol. The van der Waals surface area contributed by atoms with Gasteiger partial charge in [0.1, 0.15) is 0 Å². The van der Waals surface area contributed by atoms with Crippen LogP contribution in [-0.4, -0.2) is 28.1 Å². The molecule has 0 radical (unpaired) electrons. The summed E-state index contributed by atoms with van der Waals surface area (Å²) in [7, 11) is 0. The average Bonchev–Trinajstić information content (AvgIpc) is 2.49. The van der Waals surface area contributed by atoms with Crippen molar-refractivity contribution in [2.75, 3.05) is 11.1 Å². The van der Waals surface area contributed by atoms with Crippen LogP contribution in [0, 0.1) is 16.0 Å². The highest BCUT2D eigenvalue weighted by molar-refractivity contribution is 5.95. The van der Waals surface area contributed by atoms with Gasteiger partial charge < -0.3 is 21.5 Å². The van der Waals surface area contributed by atoms with Crippen molar-refractivity contribution < 1.29 is 19.6 Å². The van der Waals surface area contributed by atoms with Crippen molar-refractivity contribution >= 4 is 29.1 Å². The predicted octanol–water partition coefficient (Wildman–Crippen LogP) is 1.94. The number of non-ortho nitro benzene ring substituents is 1. The lowest BCUT2D eigenvalue weighted by Crippen LogP contribution is -2.38. The van der Waals surface area contributed by atoms with Gasteiger partial charge in [0.2, 0.25) is 5.91 Å². The maximum atomic E-state index is 12.2. The first-order valence-electron chi connectivity index (χ1n) is 7.21. The normalized spacial score (nSPS) is 20.5. The molecule has 0 atom stereocenters. The van der Waals surface area contributed by atoms with Crippen molar-refractivity contribution in [1.82, 2.24) is 5.32 Å². The summed E-state index contributed by atoms with van der Waals surface area (Å²) in [6.07, 6.45) is 1.28. The third kappa shape index (κ3) is 4.31. The fourth-order valence-electron chi connectivity index (χ4n) is 2.69. The number of carbonyl (C=O) groups excluding carboxylic acids is 1. The number of hydrogen-bond donors (Lipinski definition) is 4. The van der Waals surface area contributed by atoms with Crippen molar-refractivity contribution in [1.29, 1.82) is 0 Å². The molecule has 9 heteroatoms. The number of nitrogens with two attached hydrogens (primary N) is 1. The molecule has 5 N–H and O–H groups in total. The van der Waals surface area contributed by atoms with E-state index in [4.69, 9.17) is 10.8 Å². The van der Waals surface area contributed by atoms with E-state index in [0.717, 1.165) is 0 Å². The molecular weight excluding hydrogens is 304 g/mol. The zero-order chi connectivity index (χ0) is 17.0. The fraction of sp³-hybridized carbons (Fsp3) is 0.429. The summed E-state index contributed by atoms with van der Waals surface area (Å²) >= 11 is 0. The van der Waals surface area contributed by atoms with E-state index in [9.17, 15) is 19.7 Å². The number of carboxylic acid groups (broad SMARTS) is 1. The third-order valence-electron chi connectivity index (χ3n) is 3.93. The lowest BCUT2D eigenvalue weighted by atomic mass is 9.85. The molecule has 124 valence electrons. The van der Waals surface area contributed by atoms with E-state index >= 15 is 0 Å². The zero-order valence-corrected chi connectivity index (χ0v) is 12.3. The Morgan fingerprint density at radius 1 is 1.26 bits per heavy atom.